The van der Waals surface area contributed by atoms with Crippen molar-refractivity contribution in [1.29, 1.82) is 0 Å². The largest absolute Gasteiger partial charge is 0.302 e. The van der Waals surface area contributed by atoms with E-state index >= 15 is 0 Å². The number of hydrogen-bond donors (Lipinski definition) is 1. The summed E-state index contributed by atoms with van der Waals surface area (Å²) in [6.45, 7) is 6.23. The molecule has 0 bridgehead atoms. The molecule has 0 unspecified atom stereocenters. The van der Waals surface area contributed by atoms with Crippen LogP contribution in [0.5, 0.6) is 0 Å². The number of rotatable bonds is 5. The van der Waals surface area contributed by atoms with E-state index in [1.807, 2.05) is 5.38 Å². The fourth-order valence-corrected chi connectivity index (χ4v) is 2.71. The molecule has 20 heavy (non-hydrogen) atoms. The van der Waals surface area contributed by atoms with Crippen LogP contribution >= 0.6 is 11.3 Å². The molecule has 2 aromatic rings. The van der Waals surface area contributed by atoms with Crippen LogP contribution < -0.4 is 5.32 Å². The van der Waals surface area contributed by atoms with Crippen molar-refractivity contribution in [2.24, 2.45) is 0 Å². The van der Waals surface area contributed by atoms with Crippen LogP contribution in [0.2, 0.25) is 0 Å². The van der Waals surface area contributed by atoms with Crippen molar-refractivity contribution in [3.8, 4) is 11.3 Å². The Morgan fingerprint density at radius 2 is 2.15 bits per heavy atom. The zero-order valence-corrected chi connectivity index (χ0v) is 13.0. The molecule has 0 saturated heterocycles. The van der Waals surface area contributed by atoms with Gasteiger partial charge in [-0.2, -0.15) is 0 Å². The Hall–Kier alpha value is -1.68. The van der Waals surface area contributed by atoms with Crippen molar-refractivity contribution < 1.29 is 4.79 Å². The number of nitrogens with zero attached hydrogens (tertiary/aromatic N) is 1. The van der Waals surface area contributed by atoms with Gasteiger partial charge in [-0.25, -0.2) is 4.98 Å². The summed E-state index contributed by atoms with van der Waals surface area (Å²) in [5, 5.41) is 5.55. The highest BCUT2D eigenvalue weighted by atomic mass is 32.1. The molecule has 0 fully saturated rings. The molecule has 0 saturated carbocycles. The second kappa shape index (κ2) is 6.66. The molecule has 0 aliphatic rings. The number of benzene rings is 1. The summed E-state index contributed by atoms with van der Waals surface area (Å²) in [6, 6.07) is 6.33. The van der Waals surface area contributed by atoms with Crippen LogP contribution in [0.1, 0.15) is 37.3 Å². The van der Waals surface area contributed by atoms with Gasteiger partial charge in [-0.3, -0.25) is 4.79 Å². The lowest BCUT2D eigenvalue weighted by atomic mass is 10.0. The van der Waals surface area contributed by atoms with Gasteiger partial charge in [0.25, 0.3) is 0 Å². The molecular formula is C16H20N2OS. The molecule has 1 aromatic carbocycles. The van der Waals surface area contributed by atoms with Crippen molar-refractivity contribution in [3.63, 3.8) is 0 Å². The summed E-state index contributed by atoms with van der Waals surface area (Å²) in [6.07, 6.45) is 2.51. The van der Waals surface area contributed by atoms with E-state index in [1.54, 1.807) is 0 Å². The summed E-state index contributed by atoms with van der Waals surface area (Å²) in [5.74, 6) is 0.0497. The Bertz CT molecular complexity index is 604. The van der Waals surface area contributed by atoms with Crippen LogP contribution in [-0.4, -0.2) is 10.9 Å². The molecule has 1 heterocycles. The van der Waals surface area contributed by atoms with Crippen molar-refractivity contribution >= 4 is 22.4 Å². The molecule has 0 aliphatic carbocycles. The number of nitrogens with one attached hydrogen (secondary N) is 1. The monoisotopic (exact) mass is 288 g/mol. The molecular weight excluding hydrogens is 268 g/mol. The molecule has 4 heteroatoms. The first-order chi connectivity index (χ1) is 9.60. The number of thiazole rings is 1. The number of hydrogen-bond acceptors (Lipinski definition) is 3. The van der Waals surface area contributed by atoms with Crippen LogP contribution in [-0.2, 0) is 4.79 Å². The van der Waals surface area contributed by atoms with E-state index in [-0.39, 0.29) is 5.91 Å². The molecule has 0 radical (unpaired) electrons. The summed E-state index contributed by atoms with van der Waals surface area (Å²) in [4.78, 5) is 16.2. The Labute approximate surface area is 124 Å². The second-order valence-electron chi connectivity index (χ2n) is 5.01. The third-order valence-corrected chi connectivity index (χ3v) is 3.93. The van der Waals surface area contributed by atoms with Crippen molar-refractivity contribution in [3.05, 3.63) is 34.7 Å². The number of aromatic nitrogens is 1. The number of carbonyl (C=O) groups excluding carboxylic acids is 1. The van der Waals surface area contributed by atoms with Gasteiger partial charge in [0, 0.05) is 17.4 Å². The predicted molar refractivity (Wildman–Crippen MR) is 85.2 cm³/mol. The molecule has 1 amide bonds. The van der Waals surface area contributed by atoms with E-state index < -0.39 is 0 Å². The van der Waals surface area contributed by atoms with E-state index in [0.717, 1.165) is 24.1 Å². The summed E-state index contributed by atoms with van der Waals surface area (Å²) >= 11 is 1.48. The quantitative estimate of drug-likeness (QED) is 0.876. The standard InChI is InChI=1S/C16H20N2OS/c1-4-5-6-15(19)18-16-17-14(10-20-16)13-9-11(2)7-8-12(13)3/h7-10H,4-6H2,1-3H3,(H,17,18,19). The highest BCUT2D eigenvalue weighted by Crippen LogP contribution is 2.28. The van der Waals surface area contributed by atoms with Gasteiger partial charge < -0.3 is 5.32 Å². The second-order valence-corrected chi connectivity index (χ2v) is 5.87. The third-order valence-electron chi connectivity index (χ3n) is 3.18. The van der Waals surface area contributed by atoms with Gasteiger partial charge in [-0.1, -0.05) is 31.0 Å². The van der Waals surface area contributed by atoms with Crippen molar-refractivity contribution in [1.82, 2.24) is 4.98 Å². The van der Waals surface area contributed by atoms with Gasteiger partial charge >= 0.3 is 0 Å². The third kappa shape index (κ3) is 3.67. The zero-order chi connectivity index (χ0) is 14.5. The van der Waals surface area contributed by atoms with Gasteiger partial charge in [0.05, 0.1) is 5.69 Å². The van der Waals surface area contributed by atoms with E-state index in [1.165, 1.54) is 22.5 Å². The van der Waals surface area contributed by atoms with E-state index in [0.29, 0.717) is 11.6 Å². The highest BCUT2D eigenvalue weighted by Gasteiger charge is 2.09. The van der Waals surface area contributed by atoms with Gasteiger partial charge in [-0.05, 0) is 31.9 Å². The number of anilines is 1. The fourth-order valence-electron chi connectivity index (χ4n) is 1.99. The Morgan fingerprint density at radius 1 is 1.35 bits per heavy atom. The summed E-state index contributed by atoms with van der Waals surface area (Å²) < 4.78 is 0. The lowest BCUT2D eigenvalue weighted by Crippen LogP contribution is -2.10. The SMILES string of the molecule is CCCCC(=O)Nc1nc(-c2cc(C)ccc2C)cs1. The van der Waals surface area contributed by atoms with Crippen LogP contribution in [0.25, 0.3) is 11.3 Å². The number of unbranched alkanes of at least 4 members (excludes halogenated alkanes) is 1. The molecule has 3 nitrogen and oxygen atoms in total. The maximum Gasteiger partial charge on any atom is 0.226 e. The minimum absolute atomic E-state index is 0.0497. The van der Waals surface area contributed by atoms with Crippen molar-refractivity contribution in [2.45, 2.75) is 40.0 Å². The first-order valence-electron chi connectivity index (χ1n) is 6.93. The predicted octanol–water partition coefficient (Wildman–Crippen LogP) is 4.56. The molecule has 0 spiro atoms. The van der Waals surface area contributed by atoms with E-state index in [2.05, 4.69) is 49.3 Å². The van der Waals surface area contributed by atoms with Gasteiger partial charge in [0.2, 0.25) is 5.91 Å². The first-order valence-corrected chi connectivity index (χ1v) is 7.81. The smallest absolute Gasteiger partial charge is 0.226 e. The molecule has 2 rings (SSSR count). The average Bonchev–Trinajstić information content (AvgIpc) is 2.87. The average molecular weight is 288 g/mol. The maximum atomic E-state index is 11.7. The summed E-state index contributed by atoms with van der Waals surface area (Å²) in [7, 11) is 0. The fraction of sp³-hybridized carbons (Fsp3) is 0.375. The van der Waals surface area contributed by atoms with Crippen LogP contribution in [0.4, 0.5) is 5.13 Å². The number of aryl methyl sites for hydroxylation is 2. The molecule has 0 atom stereocenters. The van der Waals surface area contributed by atoms with Crippen molar-refractivity contribution in [2.75, 3.05) is 5.32 Å². The van der Waals surface area contributed by atoms with E-state index in [9.17, 15) is 4.79 Å². The highest BCUT2D eigenvalue weighted by molar-refractivity contribution is 7.14. The number of amides is 1. The lowest BCUT2D eigenvalue weighted by molar-refractivity contribution is -0.116. The first kappa shape index (κ1) is 14.7. The summed E-state index contributed by atoms with van der Waals surface area (Å²) in [5.41, 5.74) is 4.48. The van der Waals surface area contributed by atoms with Gasteiger partial charge in [0.1, 0.15) is 0 Å². The Kier molecular flexibility index (Phi) is 4.90. The van der Waals surface area contributed by atoms with E-state index in [4.69, 9.17) is 0 Å². The molecule has 0 aliphatic heterocycles. The molecule has 106 valence electrons. The van der Waals surface area contributed by atoms with Gasteiger partial charge in [-0.15, -0.1) is 11.3 Å². The normalized spacial score (nSPS) is 10.6. The topological polar surface area (TPSA) is 42.0 Å². The van der Waals surface area contributed by atoms with Crippen LogP contribution in [0.15, 0.2) is 23.6 Å². The minimum atomic E-state index is 0.0497. The Morgan fingerprint density at radius 3 is 2.90 bits per heavy atom. The lowest BCUT2D eigenvalue weighted by Gasteiger charge is -2.04. The van der Waals surface area contributed by atoms with Gasteiger partial charge in [0.15, 0.2) is 5.13 Å². The zero-order valence-electron chi connectivity index (χ0n) is 12.2. The van der Waals surface area contributed by atoms with Crippen LogP contribution in [0.3, 0.4) is 0 Å². The molecule has 1 N–H and O–H groups in total. The molecule has 1 aromatic heterocycles. The number of carbonyl (C=O) groups is 1. The van der Waals surface area contributed by atoms with Crippen LogP contribution in [0, 0.1) is 13.8 Å². The maximum absolute atomic E-state index is 11.7. The Balaban J connectivity index is 2.12. The minimum Gasteiger partial charge on any atom is -0.302 e.